The Bertz CT molecular complexity index is 269. The molecule has 1 saturated carbocycles. The van der Waals surface area contributed by atoms with E-state index in [4.69, 9.17) is 5.73 Å². The molecule has 3 heteroatoms. The van der Waals surface area contributed by atoms with Crippen molar-refractivity contribution >= 4 is 5.91 Å². The molecule has 1 atom stereocenters. The summed E-state index contributed by atoms with van der Waals surface area (Å²) in [5.41, 5.74) is 6.11. The molecule has 0 heterocycles. The third kappa shape index (κ3) is 3.44. The second-order valence-electron chi connectivity index (χ2n) is 6.22. The molecule has 100 valence electrons. The summed E-state index contributed by atoms with van der Waals surface area (Å²) >= 11 is 0. The van der Waals surface area contributed by atoms with Crippen LogP contribution in [0, 0.1) is 11.3 Å². The summed E-state index contributed by atoms with van der Waals surface area (Å²) in [6.07, 6.45) is 5.14. The first kappa shape index (κ1) is 14.5. The molecule has 1 aliphatic rings. The molecule has 1 fully saturated rings. The topological polar surface area (TPSA) is 55.1 Å². The number of amides is 1. The van der Waals surface area contributed by atoms with Gasteiger partial charge in [-0.1, -0.05) is 34.1 Å². The Kier molecular flexibility index (Phi) is 4.59. The van der Waals surface area contributed by atoms with Crippen LogP contribution in [0.2, 0.25) is 0 Å². The standard InChI is InChI=1S/C14H28N2O/c1-5-14(15,6-2)10-16-12(17)11-8-7-9-13(11,3)4/h11H,5-10,15H2,1-4H3,(H,16,17). The van der Waals surface area contributed by atoms with E-state index in [2.05, 4.69) is 33.0 Å². The van der Waals surface area contributed by atoms with Crippen molar-refractivity contribution in [3.05, 3.63) is 0 Å². The average Bonchev–Trinajstić information content (AvgIpc) is 2.65. The zero-order chi connectivity index (χ0) is 13.1. The lowest BCUT2D eigenvalue weighted by molar-refractivity contribution is -0.127. The molecular formula is C14H28N2O. The number of rotatable bonds is 5. The van der Waals surface area contributed by atoms with E-state index < -0.39 is 0 Å². The van der Waals surface area contributed by atoms with E-state index in [1.54, 1.807) is 0 Å². The highest BCUT2D eigenvalue weighted by atomic mass is 16.1. The Hall–Kier alpha value is -0.570. The van der Waals surface area contributed by atoms with Crippen LogP contribution in [0.5, 0.6) is 0 Å². The Morgan fingerprint density at radius 1 is 1.41 bits per heavy atom. The van der Waals surface area contributed by atoms with Gasteiger partial charge >= 0.3 is 0 Å². The number of nitrogens with two attached hydrogens (primary N) is 1. The summed E-state index contributed by atoms with van der Waals surface area (Å²) in [4.78, 5) is 12.2. The highest BCUT2D eigenvalue weighted by Gasteiger charge is 2.39. The van der Waals surface area contributed by atoms with Gasteiger partial charge in [0.2, 0.25) is 5.91 Å². The zero-order valence-corrected chi connectivity index (χ0v) is 11.8. The minimum atomic E-state index is -0.238. The second-order valence-corrected chi connectivity index (χ2v) is 6.22. The lowest BCUT2D eigenvalue weighted by Gasteiger charge is -2.30. The van der Waals surface area contributed by atoms with E-state index in [1.165, 1.54) is 6.42 Å². The van der Waals surface area contributed by atoms with Gasteiger partial charge in [0.25, 0.3) is 0 Å². The lowest BCUT2D eigenvalue weighted by atomic mass is 9.81. The van der Waals surface area contributed by atoms with Crippen LogP contribution in [0.4, 0.5) is 0 Å². The second kappa shape index (κ2) is 5.38. The Morgan fingerprint density at radius 3 is 2.41 bits per heavy atom. The monoisotopic (exact) mass is 240 g/mol. The molecular weight excluding hydrogens is 212 g/mol. The van der Waals surface area contributed by atoms with Crippen LogP contribution in [0.15, 0.2) is 0 Å². The van der Waals surface area contributed by atoms with Crippen LogP contribution in [0.25, 0.3) is 0 Å². The fourth-order valence-electron chi connectivity index (χ4n) is 2.70. The molecule has 3 nitrogen and oxygen atoms in total. The molecule has 0 aromatic heterocycles. The predicted molar refractivity (Wildman–Crippen MR) is 71.6 cm³/mol. The van der Waals surface area contributed by atoms with Crippen molar-refractivity contribution in [2.45, 2.75) is 65.3 Å². The van der Waals surface area contributed by atoms with Crippen LogP contribution in [-0.4, -0.2) is 18.0 Å². The maximum absolute atomic E-state index is 12.2. The van der Waals surface area contributed by atoms with Crippen LogP contribution in [0.3, 0.4) is 0 Å². The van der Waals surface area contributed by atoms with Gasteiger partial charge in [0.1, 0.15) is 0 Å². The van der Waals surface area contributed by atoms with Crippen molar-refractivity contribution in [2.75, 3.05) is 6.54 Å². The molecule has 1 unspecified atom stereocenters. The quantitative estimate of drug-likeness (QED) is 0.775. The molecule has 1 amide bonds. The largest absolute Gasteiger partial charge is 0.354 e. The van der Waals surface area contributed by atoms with E-state index in [1.807, 2.05) is 0 Å². The number of hydrogen-bond donors (Lipinski definition) is 2. The van der Waals surface area contributed by atoms with Crippen molar-refractivity contribution in [3.8, 4) is 0 Å². The fraction of sp³-hybridized carbons (Fsp3) is 0.929. The van der Waals surface area contributed by atoms with Crippen molar-refractivity contribution in [3.63, 3.8) is 0 Å². The number of carbonyl (C=O) groups excluding carboxylic acids is 1. The van der Waals surface area contributed by atoms with Crippen molar-refractivity contribution in [1.82, 2.24) is 5.32 Å². The highest BCUT2D eigenvalue weighted by Crippen LogP contribution is 2.42. The van der Waals surface area contributed by atoms with Crippen molar-refractivity contribution in [1.29, 1.82) is 0 Å². The molecule has 1 aliphatic carbocycles. The molecule has 0 radical (unpaired) electrons. The summed E-state index contributed by atoms with van der Waals surface area (Å²) in [6.45, 7) is 9.15. The summed E-state index contributed by atoms with van der Waals surface area (Å²) in [5, 5.41) is 3.06. The van der Waals surface area contributed by atoms with Gasteiger partial charge in [-0.25, -0.2) is 0 Å². The van der Waals surface area contributed by atoms with Crippen molar-refractivity contribution < 1.29 is 4.79 Å². The molecule has 0 bridgehead atoms. The van der Waals surface area contributed by atoms with E-state index in [-0.39, 0.29) is 22.8 Å². The van der Waals surface area contributed by atoms with E-state index >= 15 is 0 Å². The van der Waals surface area contributed by atoms with Crippen LogP contribution in [0.1, 0.15) is 59.8 Å². The van der Waals surface area contributed by atoms with Gasteiger partial charge in [-0.2, -0.15) is 0 Å². The maximum atomic E-state index is 12.2. The molecule has 0 aromatic rings. The molecule has 0 spiro atoms. The fourth-order valence-corrected chi connectivity index (χ4v) is 2.70. The number of carbonyl (C=O) groups is 1. The van der Waals surface area contributed by atoms with E-state index in [0.717, 1.165) is 25.7 Å². The van der Waals surface area contributed by atoms with Crippen LogP contribution >= 0.6 is 0 Å². The van der Waals surface area contributed by atoms with Gasteiger partial charge < -0.3 is 11.1 Å². The number of nitrogens with one attached hydrogen (secondary N) is 1. The third-order valence-corrected chi connectivity index (χ3v) is 4.60. The Balaban J connectivity index is 2.50. The summed E-state index contributed by atoms with van der Waals surface area (Å²) in [7, 11) is 0. The van der Waals surface area contributed by atoms with Crippen LogP contribution in [-0.2, 0) is 4.79 Å². The highest BCUT2D eigenvalue weighted by molar-refractivity contribution is 5.79. The van der Waals surface area contributed by atoms with E-state index in [9.17, 15) is 4.79 Å². The summed E-state index contributed by atoms with van der Waals surface area (Å²) in [5.74, 6) is 0.365. The summed E-state index contributed by atoms with van der Waals surface area (Å²) < 4.78 is 0. The van der Waals surface area contributed by atoms with Gasteiger partial charge in [-0.3, -0.25) is 4.79 Å². The summed E-state index contributed by atoms with van der Waals surface area (Å²) in [6, 6.07) is 0. The first-order chi connectivity index (χ1) is 7.84. The predicted octanol–water partition coefficient (Wildman–Crippen LogP) is 2.45. The lowest BCUT2D eigenvalue weighted by Crippen LogP contribution is -2.51. The maximum Gasteiger partial charge on any atom is 0.223 e. The van der Waals surface area contributed by atoms with Gasteiger partial charge in [0.15, 0.2) is 0 Å². The van der Waals surface area contributed by atoms with Gasteiger partial charge in [-0.05, 0) is 31.1 Å². The number of hydrogen-bond acceptors (Lipinski definition) is 2. The molecule has 17 heavy (non-hydrogen) atoms. The van der Waals surface area contributed by atoms with Crippen molar-refractivity contribution in [2.24, 2.45) is 17.1 Å². The average molecular weight is 240 g/mol. The zero-order valence-electron chi connectivity index (χ0n) is 11.8. The first-order valence-electron chi connectivity index (χ1n) is 6.91. The Labute approximate surface area is 106 Å². The third-order valence-electron chi connectivity index (χ3n) is 4.60. The molecule has 3 N–H and O–H groups in total. The SMILES string of the molecule is CCC(N)(CC)CNC(=O)C1CCCC1(C)C. The Morgan fingerprint density at radius 2 is 2.00 bits per heavy atom. The molecule has 0 aromatic carbocycles. The molecule has 0 saturated heterocycles. The van der Waals surface area contributed by atoms with Crippen LogP contribution < -0.4 is 11.1 Å². The normalized spacial score (nSPS) is 23.7. The minimum absolute atomic E-state index is 0.153. The first-order valence-corrected chi connectivity index (χ1v) is 6.91. The smallest absolute Gasteiger partial charge is 0.223 e. The minimum Gasteiger partial charge on any atom is -0.354 e. The van der Waals surface area contributed by atoms with Gasteiger partial charge in [0, 0.05) is 18.0 Å². The van der Waals surface area contributed by atoms with Gasteiger partial charge in [-0.15, -0.1) is 0 Å². The van der Waals surface area contributed by atoms with E-state index in [0.29, 0.717) is 6.54 Å². The van der Waals surface area contributed by atoms with Gasteiger partial charge in [0.05, 0.1) is 0 Å². The molecule has 1 rings (SSSR count). The molecule has 0 aliphatic heterocycles.